The van der Waals surface area contributed by atoms with Crippen molar-refractivity contribution in [3.63, 3.8) is 0 Å². The Bertz CT molecular complexity index is 890. The summed E-state index contributed by atoms with van der Waals surface area (Å²) in [6.07, 6.45) is 7.57. The molecule has 1 aliphatic rings. The third-order valence-electron chi connectivity index (χ3n) is 5.37. The monoisotopic (exact) mass is 411 g/mol. The molecule has 3 rings (SSSR count). The van der Waals surface area contributed by atoms with E-state index in [2.05, 4.69) is 43.1 Å². The topological polar surface area (TPSA) is 90.7 Å². The second kappa shape index (κ2) is 11.7. The smallest absolute Gasteiger partial charge is 0.169 e. The lowest BCUT2D eigenvalue weighted by Gasteiger charge is -2.33. The number of allylic oxidation sites excluding steroid dienone is 4. The SMILES string of the molecule is CCC/C=C/C=C/[C@@H]1C[C@@H](O)[C@@H](O)C(=O)[C@H]1CO.Cc1cc2ccccc2c(C)n1. The first-order chi connectivity index (χ1) is 14.4. The zero-order valence-electron chi connectivity index (χ0n) is 18.0. The molecule has 1 heterocycles. The molecule has 3 N–H and O–H groups in total. The van der Waals surface area contributed by atoms with Crippen molar-refractivity contribution in [2.45, 2.75) is 52.2 Å². The van der Waals surface area contributed by atoms with Crippen molar-refractivity contribution >= 4 is 16.6 Å². The molecule has 0 bridgehead atoms. The second-order valence-electron chi connectivity index (χ2n) is 7.78. The van der Waals surface area contributed by atoms with E-state index in [9.17, 15) is 20.1 Å². The highest BCUT2D eigenvalue weighted by atomic mass is 16.3. The molecule has 0 saturated heterocycles. The van der Waals surface area contributed by atoms with Crippen LogP contribution in [0.1, 0.15) is 37.6 Å². The molecule has 1 aromatic heterocycles. The maximum atomic E-state index is 11.7. The molecule has 162 valence electrons. The van der Waals surface area contributed by atoms with Crippen LogP contribution in [0.2, 0.25) is 0 Å². The lowest BCUT2D eigenvalue weighted by Crippen LogP contribution is -2.48. The molecule has 5 nitrogen and oxygen atoms in total. The van der Waals surface area contributed by atoms with Crippen LogP contribution in [0.15, 0.2) is 54.6 Å². The molecule has 0 aliphatic heterocycles. The van der Waals surface area contributed by atoms with Gasteiger partial charge < -0.3 is 15.3 Å². The lowest BCUT2D eigenvalue weighted by atomic mass is 9.75. The number of aryl methyl sites for hydroxylation is 2. The molecule has 0 radical (unpaired) electrons. The number of rotatable bonds is 5. The molecule has 0 spiro atoms. The number of Topliss-reactive ketones (excluding diaryl/α,β-unsaturated/α-hetero) is 1. The van der Waals surface area contributed by atoms with Crippen LogP contribution in [-0.4, -0.2) is 44.9 Å². The van der Waals surface area contributed by atoms with Crippen LogP contribution in [0.5, 0.6) is 0 Å². The first kappa shape index (κ1) is 23.9. The van der Waals surface area contributed by atoms with Gasteiger partial charge in [-0.2, -0.15) is 0 Å². The molecular formula is C25H33NO4. The summed E-state index contributed by atoms with van der Waals surface area (Å²) in [5, 5.41) is 30.8. The van der Waals surface area contributed by atoms with Gasteiger partial charge in [-0.25, -0.2) is 0 Å². The molecule has 1 saturated carbocycles. The minimum absolute atomic E-state index is 0.216. The number of hydrogen-bond acceptors (Lipinski definition) is 5. The van der Waals surface area contributed by atoms with E-state index in [-0.39, 0.29) is 12.5 Å². The maximum absolute atomic E-state index is 11.7. The Hall–Kier alpha value is -2.34. The normalized spacial score (nSPS) is 24.4. The number of unbranched alkanes of at least 4 members (excludes halogenated alkanes) is 1. The van der Waals surface area contributed by atoms with Crippen molar-refractivity contribution < 1.29 is 20.1 Å². The summed E-state index contributed by atoms with van der Waals surface area (Å²) in [4.78, 5) is 16.1. The van der Waals surface area contributed by atoms with Gasteiger partial charge in [0.05, 0.1) is 12.7 Å². The van der Waals surface area contributed by atoms with E-state index in [4.69, 9.17) is 0 Å². The van der Waals surface area contributed by atoms with Gasteiger partial charge >= 0.3 is 0 Å². The van der Waals surface area contributed by atoms with E-state index in [0.29, 0.717) is 6.42 Å². The average molecular weight is 412 g/mol. The second-order valence-corrected chi connectivity index (χ2v) is 7.78. The molecule has 0 unspecified atom stereocenters. The molecule has 5 heteroatoms. The number of benzene rings is 1. The molecule has 1 aromatic carbocycles. The largest absolute Gasteiger partial charge is 0.396 e. The van der Waals surface area contributed by atoms with Crippen LogP contribution in [0.3, 0.4) is 0 Å². The van der Waals surface area contributed by atoms with Crippen LogP contribution in [-0.2, 0) is 4.79 Å². The van der Waals surface area contributed by atoms with Gasteiger partial charge in [0.2, 0.25) is 0 Å². The van der Waals surface area contributed by atoms with E-state index in [1.165, 1.54) is 10.8 Å². The van der Waals surface area contributed by atoms with Crippen molar-refractivity contribution in [1.82, 2.24) is 4.98 Å². The fourth-order valence-electron chi connectivity index (χ4n) is 3.71. The van der Waals surface area contributed by atoms with Crippen molar-refractivity contribution in [3.05, 3.63) is 66.0 Å². The fourth-order valence-corrected chi connectivity index (χ4v) is 3.71. The van der Waals surface area contributed by atoms with Crippen LogP contribution >= 0.6 is 0 Å². The Kier molecular flexibility index (Phi) is 9.37. The molecule has 4 atom stereocenters. The first-order valence-corrected chi connectivity index (χ1v) is 10.6. The Morgan fingerprint density at radius 2 is 1.90 bits per heavy atom. The van der Waals surface area contributed by atoms with Crippen molar-refractivity contribution in [2.75, 3.05) is 6.61 Å². The minimum Gasteiger partial charge on any atom is -0.396 e. The van der Waals surface area contributed by atoms with Crippen molar-refractivity contribution in [3.8, 4) is 0 Å². The van der Waals surface area contributed by atoms with Gasteiger partial charge in [0.25, 0.3) is 0 Å². The number of carbonyl (C=O) groups excluding carboxylic acids is 1. The quantitative estimate of drug-likeness (QED) is 0.653. The number of aliphatic hydroxyl groups is 3. The maximum Gasteiger partial charge on any atom is 0.169 e. The number of aliphatic hydroxyl groups excluding tert-OH is 3. The van der Waals surface area contributed by atoms with Crippen LogP contribution in [0.4, 0.5) is 0 Å². The summed E-state index contributed by atoms with van der Waals surface area (Å²) in [6, 6.07) is 10.4. The highest BCUT2D eigenvalue weighted by molar-refractivity contribution is 5.87. The van der Waals surface area contributed by atoms with Crippen molar-refractivity contribution in [1.29, 1.82) is 0 Å². The van der Waals surface area contributed by atoms with Crippen LogP contribution < -0.4 is 0 Å². The third kappa shape index (κ3) is 6.33. The molecule has 1 fully saturated rings. The number of ketones is 1. The zero-order chi connectivity index (χ0) is 22.1. The van der Waals surface area contributed by atoms with Gasteiger partial charge in [-0.3, -0.25) is 9.78 Å². The number of fused-ring (bicyclic) bond motifs is 1. The van der Waals surface area contributed by atoms with E-state index in [0.717, 1.165) is 24.2 Å². The van der Waals surface area contributed by atoms with Gasteiger partial charge in [0, 0.05) is 22.7 Å². The summed E-state index contributed by atoms with van der Waals surface area (Å²) in [5.74, 6) is -1.30. The third-order valence-corrected chi connectivity index (χ3v) is 5.37. The van der Waals surface area contributed by atoms with E-state index in [1.54, 1.807) is 0 Å². The summed E-state index contributed by atoms with van der Waals surface area (Å²) in [5.41, 5.74) is 2.21. The predicted molar refractivity (Wildman–Crippen MR) is 120 cm³/mol. The standard InChI is InChI=1S/C14H22O4.C11H11N/c1-2-3-4-5-6-7-10-8-12(16)14(18)13(17)11(10)9-15;1-8-7-10-5-3-4-6-11(10)9(2)12-8/h4-7,10-12,14-16,18H,2-3,8-9H2,1H3;3-7H,1-2H3/b5-4+,7-6+;/t10-,11+,12-,14-;/m1./s1. The number of nitrogens with zero attached hydrogens (tertiary/aromatic N) is 1. The highest BCUT2D eigenvalue weighted by Gasteiger charge is 2.40. The molecule has 2 aromatic rings. The zero-order valence-corrected chi connectivity index (χ0v) is 18.0. The summed E-state index contributed by atoms with van der Waals surface area (Å²) in [7, 11) is 0. The van der Waals surface area contributed by atoms with Gasteiger partial charge in [-0.1, -0.05) is 61.9 Å². The van der Waals surface area contributed by atoms with Crippen molar-refractivity contribution in [2.24, 2.45) is 11.8 Å². The predicted octanol–water partition coefficient (Wildman–Crippen LogP) is 3.67. The Morgan fingerprint density at radius 1 is 1.17 bits per heavy atom. The summed E-state index contributed by atoms with van der Waals surface area (Å²) in [6.45, 7) is 5.87. The number of pyridine rings is 1. The highest BCUT2D eigenvalue weighted by Crippen LogP contribution is 2.29. The molecule has 1 aliphatic carbocycles. The first-order valence-electron chi connectivity index (χ1n) is 10.6. The Balaban J connectivity index is 0.000000230. The summed E-state index contributed by atoms with van der Waals surface area (Å²) < 4.78 is 0. The van der Waals surface area contributed by atoms with Gasteiger partial charge in [-0.05, 0) is 44.1 Å². The number of carbonyl (C=O) groups is 1. The molecule has 30 heavy (non-hydrogen) atoms. The number of hydrogen-bond donors (Lipinski definition) is 3. The van der Waals surface area contributed by atoms with Gasteiger partial charge in [0.15, 0.2) is 5.78 Å². The van der Waals surface area contributed by atoms with E-state index >= 15 is 0 Å². The van der Waals surface area contributed by atoms with E-state index < -0.39 is 23.9 Å². The van der Waals surface area contributed by atoms with Crippen LogP contribution in [0, 0.1) is 25.7 Å². The lowest BCUT2D eigenvalue weighted by molar-refractivity contribution is -0.146. The van der Waals surface area contributed by atoms with E-state index in [1.807, 2.05) is 37.3 Å². The molecule has 0 amide bonds. The molecular weight excluding hydrogens is 378 g/mol. The van der Waals surface area contributed by atoms with Crippen LogP contribution in [0.25, 0.3) is 10.8 Å². The van der Waals surface area contributed by atoms with Gasteiger partial charge in [-0.15, -0.1) is 0 Å². The number of aromatic nitrogens is 1. The fraction of sp³-hybridized carbons (Fsp3) is 0.440. The summed E-state index contributed by atoms with van der Waals surface area (Å²) >= 11 is 0. The average Bonchev–Trinajstić information content (AvgIpc) is 2.72. The van der Waals surface area contributed by atoms with Gasteiger partial charge in [0.1, 0.15) is 6.10 Å². The minimum atomic E-state index is -1.36. The Morgan fingerprint density at radius 3 is 2.60 bits per heavy atom. The Labute approximate surface area is 178 Å².